The van der Waals surface area contributed by atoms with Gasteiger partial charge in [-0.25, -0.2) is 9.59 Å². The predicted octanol–water partition coefficient (Wildman–Crippen LogP) is 2.50. The van der Waals surface area contributed by atoms with Crippen LogP contribution < -0.4 is 10.1 Å². The SMILES string of the molecule is C=CCOC(=O)NC(C(=O)O)c1ccc(Br)cc1OC. The average Bonchev–Trinajstić information content (AvgIpc) is 2.42. The number of alkyl carbamates (subject to hydrolysis) is 1. The first-order chi connectivity index (χ1) is 9.49. The second-order valence-corrected chi connectivity index (χ2v) is 4.60. The van der Waals surface area contributed by atoms with Crippen molar-refractivity contribution in [3.63, 3.8) is 0 Å². The molecule has 1 aromatic carbocycles. The van der Waals surface area contributed by atoms with Gasteiger partial charge in [0.25, 0.3) is 0 Å². The van der Waals surface area contributed by atoms with Gasteiger partial charge in [0, 0.05) is 10.0 Å². The maximum Gasteiger partial charge on any atom is 0.408 e. The first-order valence-electron chi connectivity index (χ1n) is 5.60. The molecule has 7 heteroatoms. The molecule has 0 saturated heterocycles. The first-order valence-corrected chi connectivity index (χ1v) is 6.39. The minimum atomic E-state index is -1.27. The largest absolute Gasteiger partial charge is 0.496 e. The zero-order valence-corrected chi connectivity index (χ0v) is 12.3. The summed E-state index contributed by atoms with van der Waals surface area (Å²) in [6.07, 6.45) is 0.539. The van der Waals surface area contributed by atoms with E-state index in [1.165, 1.54) is 13.2 Å². The Morgan fingerprint density at radius 1 is 1.55 bits per heavy atom. The van der Waals surface area contributed by atoms with Gasteiger partial charge >= 0.3 is 12.1 Å². The van der Waals surface area contributed by atoms with Gasteiger partial charge in [-0.15, -0.1) is 0 Å². The van der Waals surface area contributed by atoms with Crippen LogP contribution in [0.3, 0.4) is 0 Å². The summed E-state index contributed by atoms with van der Waals surface area (Å²) in [5, 5.41) is 11.5. The first kappa shape index (κ1) is 16.0. The van der Waals surface area contributed by atoms with E-state index in [2.05, 4.69) is 27.8 Å². The van der Waals surface area contributed by atoms with Crippen molar-refractivity contribution in [2.75, 3.05) is 13.7 Å². The van der Waals surface area contributed by atoms with Crippen LogP contribution in [0.4, 0.5) is 4.79 Å². The van der Waals surface area contributed by atoms with Gasteiger partial charge in [-0.1, -0.05) is 34.7 Å². The highest BCUT2D eigenvalue weighted by Gasteiger charge is 2.26. The van der Waals surface area contributed by atoms with Gasteiger partial charge < -0.3 is 19.9 Å². The summed E-state index contributed by atoms with van der Waals surface area (Å²) in [6, 6.07) is 3.55. The number of halogens is 1. The fourth-order valence-electron chi connectivity index (χ4n) is 1.49. The van der Waals surface area contributed by atoms with E-state index < -0.39 is 18.1 Å². The van der Waals surface area contributed by atoms with Crippen LogP contribution >= 0.6 is 15.9 Å². The van der Waals surface area contributed by atoms with Crippen LogP contribution in [-0.4, -0.2) is 30.9 Å². The van der Waals surface area contributed by atoms with Crippen molar-refractivity contribution in [2.45, 2.75) is 6.04 Å². The van der Waals surface area contributed by atoms with Gasteiger partial charge in [0.1, 0.15) is 12.4 Å². The van der Waals surface area contributed by atoms with Gasteiger partial charge in [0.2, 0.25) is 0 Å². The van der Waals surface area contributed by atoms with E-state index in [1.54, 1.807) is 18.2 Å². The number of carboxylic acid groups (broad SMARTS) is 1. The minimum absolute atomic E-state index is 0.00432. The molecule has 1 atom stereocenters. The quantitative estimate of drug-likeness (QED) is 0.775. The summed E-state index contributed by atoms with van der Waals surface area (Å²) in [6.45, 7) is 3.39. The van der Waals surface area contributed by atoms with Crippen molar-refractivity contribution in [1.82, 2.24) is 5.32 Å². The third-order valence-electron chi connectivity index (χ3n) is 2.35. The summed E-state index contributed by atoms with van der Waals surface area (Å²) in [7, 11) is 1.42. The zero-order valence-electron chi connectivity index (χ0n) is 10.8. The number of benzene rings is 1. The molecule has 2 N–H and O–H groups in total. The summed E-state index contributed by atoms with van der Waals surface area (Å²) >= 11 is 3.26. The molecule has 1 unspecified atom stereocenters. The molecule has 0 aliphatic heterocycles. The Labute approximate surface area is 124 Å². The number of carboxylic acids is 1. The molecule has 1 amide bonds. The summed E-state index contributed by atoms with van der Waals surface area (Å²) in [4.78, 5) is 22.8. The van der Waals surface area contributed by atoms with E-state index in [4.69, 9.17) is 9.47 Å². The molecule has 0 bridgehead atoms. The number of carbonyl (C=O) groups is 2. The fourth-order valence-corrected chi connectivity index (χ4v) is 1.83. The van der Waals surface area contributed by atoms with Gasteiger partial charge in [-0.05, 0) is 12.1 Å². The lowest BCUT2D eigenvalue weighted by atomic mass is 10.1. The Kier molecular flexibility index (Phi) is 6.05. The second kappa shape index (κ2) is 7.54. The van der Waals surface area contributed by atoms with E-state index in [0.29, 0.717) is 11.3 Å². The molecule has 1 aromatic rings. The number of carbonyl (C=O) groups excluding carboxylic acids is 1. The van der Waals surface area contributed by atoms with Gasteiger partial charge in [0.15, 0.2) is 6.04 Å². The minimum Gasteiger partial charge on any atom is -0.496 e. The number of nitrogens with one attached hydrogen (secondary N) is 1. The van der Waals surface area contributed by atoms with Crippen LogP contribution in [-0.2, 0) is 9.53 Å². The molecule has 108 valence electrons. The predicted molar refractivity (Wildman–Crippen MR) is 75.8 cm³/mol. The Morgan fingerprint density at radius 3 is 2.80 bits per heavy atom. The maximum atomic E-state index is 11.5. The molecule has 1 rings (SSSR count). The number of aliphatic carboxylic acids is 1. The molecule has 0 aromatic heterocycles. The zero-order chi connectivity index (χ0) is 15.1. The average molecular weight is 344 g/mol. The smallest absolute Gasteiger partial charge is 0.408 e. The van der Waals surface area contributed by atoms with Crippen LogP contribution in [0.1, 0.15) is 11.6 Å². The Bertz CT molecular complexity index is 517. The van der Waals surface area contributed by atoms with Crippen LogP contribution in [0.25, 0.3) is 0 Å². The molecule has 20 heavy (non-hydrogen) atoms. The molecule has 6 nitrogen and oxygen atoms in total. The molecule has 0 aliphatic rings. The van der Waals surface area contributed by atoms with Crippen molar-refractivity contribution in [1.29, 1.82) is 0 Å². The molecule has 0 saturated carbocycles. The molecule has 0 radical (unpaired) electrons. The number of hydrogen-bond donors (Lipinski definition) is 2. The van der Waals surface area contributed by atoms with Crippen LogP contribution in [0.15, 0.2) is 35.3 Å². The van der Waals surface area contributed by atoms with E-state index in [-0.39, 0.29) is 6.61 Å². The van der Waals surface area contributed by atoms with E-state index in [1.807, 2.05) is 0 Å². The van der Waals surface area contributed by atoms with Gasteiger partial charge in [-0.3, -0.25) is 0 Å². The Balaban J connectivity index is 2.99. The lowest BCUT2D eigenvalue weighted by Gasteiger charge is -2.17. The fraction of sp³-hybridized carbons (Fsp3) is 0.231. The number of hydrogen-bond acceptors (Lipinski definition) is 4. The molecule has 0 fully saturated rings. The van der Waals surface area contributed by atoms with E-state index in [0.717, 1.165) is 4.47 Å². The molecular weight excluding hydrogens is 330 g/mol. The Morgan fingerprint density at radius 2 is 2.25 bits per heavy atom. The number of rotatable bonds is 6. The number of methoxy groups -OCH3 is 1. The third-order valence-corrected chi connectivity index (χ3v) is 2.84. The molecule has 0 heterocycles. The van der Waals surface area contributed by atoms with Crippen molar-refractivity contribution >= 4 is 28.0 Å². The molecular formula is C13H14BrNO5. The number of ether oxygens (including phenoxy) is 2. The highest BCUT2D eigenvalue weighted by Crippen LogP contribution is 2.28. The van der Waals surface area contributed by atoms with Crippen LogP contribution in [0.2, 0.25) is 0 Å². The summed E-state index contributed by atoms with van der Waals surface area (Å²) in [5.74, 6) is -0.878. The van der Waals surface area contributed by atoms with Crippen LogP contribution in [0, 0.1) is 0 Å². The molecule has 0 aliphatic carbocycles. The van der Waals surface area contributed by atoms with Crippen molar-refractivity contribution in [3.8, 4) is 5.75 Å². The highest BCUT2D eigenvalue weighted by atomic mass is 79.9. The topological polar surface area (TPSA) is 84.9 Å². The lowest BCUT2D eigenvalue weighted by molar-refractivity contribution is -0.139. The van der Waals surface area contributed by atoms with E-state index in [9.17, 15) is 14.7 Å². The highest BCUT2D eigenvalue weighted by molar-refractivity contribution is 9.10. The second-order valence-electron chi connectivity index (χ2n) is 3.69. The van der Waals surface area contributed by atoms with Crippen molar-refractivity contribution in [3.05, 3.63) is 40.9 Å². The van der Waals surface area contributed by atoms with Crippen molar-refractivity contribution < 1.29 is 24.2 Å². The normalized spacial score (nSPS) is 11.3. The lowest BCUT2D eigenvalue weighted by Crippen LogP contribution is -2.34. The standard InChI is InChI=1S/C13H14BrNO5/c1-3-6-20-13(18)15-11(12(16)17)9-5-4-8(14)7-10(9)19-2/h3-5,7,11H,1,6H2,2H3,(H,15,18)(H,16,17). The monoisotopic (exact) mass is 343 g/mol. The third kappa shape index (κ3) is 4.27. The van der Waals surface area contributed by atoms with Crippen LogP contribution in [0.5, 0.6) is 5.75 Å². The molecule has 0 spiro atoms. The summed E-state index contributed by atoms with van der Waals surface area (Å²) < 4.78 is 10.6. The van der Waals surface area contributed by atoms with Gasteiger partial charge in [0.05, 0.1) is 7.11 Å². The van der Waals surface area contributed by atoms with Gasteiger partial charge in [-0.2, -0.15) is 0 Å². The Hall–Kier alpha value is -2.02. The number of amides is 1. The van der Waals surface area contributed by atoms with E-state index >= 15 is 0 Å². The summed E-state index contributed by atoms with van der Waals surface area (Å²) in [5.41, 5.74) is 0.318. The van der Waals surface area contributed by atoms with Crippen molar-refractivity contribution in [2.24, 2.45) is 0 Å². The maximum absolute atomic E-state index is 11.5.